The number of hydrogen-bond donors (Lipinski definition) is 2. The van der Waals surface area contributed by atoms with Gasteiger partial charge in [0, 0.05) is 23.5 Å². The molecule has 26 heavy (non-hydrogen) atoms. The number of H-pyrrole nitrogens is 1. The smallest absolute Gasteiger partial charge is 0.346 e. The third-order valence-corrected chi connectivity index (χ3v) is 5.09. The Labute approximate surface area is 162 Å². The number of quaternary nitrogens is 1. The van der Waals surface area contributed by atoms with Gasteiger partial charge in [0.1, 0.15) is 18.7 Å². The maximum Gasteiger partial charge on any atom is 0.346 e. The quantitative estimate of drug-likeness (QED) is 0.520. The van der Waals surface area contributed by atoms with Crippen molar-refractivity contribution in [3.05, 3.63) is 34.4 Å². The number of benzene rings is 1. The van der Waals surface area contributed by atoms with E-state index in [2.05, 4.69) is 26.2 Å². The molecule has 0 amide bonds. The Hall–Kier alpha value is -1.70. The number of fused-ring (bicyclic) bond motifs is 1. The summed E-state index contributed by atoms with van der Waals surface area (Å²) in [5, 5.41) is 4.45. The lowest BCUT2D eigenvalue weighted by molar-refractivity contribution is -0.908. The van der Waals surface area contributed by atoms with Gasteiger partial charge in [-0.2, -0.15) is 0 Å². The number of pyridine rings is 1. The molecule has 2 heterocycles. The minimum Gasteiger partial charge on any atom is -0.462 e. The summed E-state index contributed by atoms with van der Waals surface area (Å²) in [5.74, 6) is -0.313. The van der Waals surface area contributed by atoms with Crippen LogP contribution in [0.5, 0.6) is 0 Å². The number of hydrogen-bond acceptors (Lipinski definition) is 4. The zero-order valence-electron chi connectivity index (χ0n) is 15.1. The van der Waals surface area contributed by atoms with Gasteiger partial charge in [0.25, 0.3) is 0 Å². The minimum atomic E-state index is -0.313. The number of rotatable bonds is 7. The van der Waals surface area contributed by atoms with E-state index in [0.717, 1.165) is 66.9 Å². The molecule has 0 unspecified atom stereocenters. The van der Waals surface area contributed by atoms with Crippen molar-refractivity contribution in [3.63, 3.8) is 0 Å². The van der Waals surface area contributed by atoms with Gasteiger partial charge in [-0.25, -0.2) is 9.78 Å². The molecule has 1 aliphatic heterocycles. The van der Waals surface area contributed by atoms with Crippen molar-refractivity contribution >= 4 is 38.5 Å². The number of carbonyl (C=O) groups is 1. The van der Waals surface area contributed by atoms with Crippen molar-refractivity contribution in [1.82, 2.24) is 0 Å². The molecule has 1 aliphatic rings. The summed E-state index contributed by atoms with van der Waals surface area (Å²) in [6.45, 7) is 7.93. The summed E-state index contributed by atoms with van der Waals surface area (Å²) in [4.78, 5) is 17.1. The summed E-state index contributed by atoms with van der Waals surface area (Å²) >= 11 is 3.52. The van der Waals surface area contributed by atoms with E-state index in [9.17, 15) is 4.79 Å². The standard InChI is InChI=1S/C19H24BrN3O3/c1-2-26-19(24)16-13-22-17-5-4-14(20)12-15(17)18(16)21-6-3-7-23-8-10-25-11-9-23/h4-5,12-13H,2-3,6-11H2,1H3,(H,21,22)/p+2. The first-order chi connectivity index (χ1) is 12.7. The van der Waals surface area contributed by atoms with Crippen molar-refractivity contribution in [1.29, 1.82) is 0 Å². The molecular formula is C19H26BrN3O3+2. The van der Waals surface area contributed by atoms with E-state index in [1.54, 1.807) is 11.1 Å². The van der Waals surface area contributed by atoms with Crippen LogP contribution >= 0.6 is 15.9 Å². The monoisotopic (exact) mass is 423 g/mol. The molecule has 0 radical (unpaired) electrons. The van der Waals surface area contributed by atoms with Crippen molar-refractivity contribution < 1.29 is 24.2 Å². The molecule has 0 saturated carbocycles. The Balaban J connectivity index is 1.75. The van der Waals surface area contributed by atoms with Crippen LogP contribution < -0.4 is 15.2 Å². The van der Waals surface area contributed by atoms with E-state index in [-0.39, 0.29) is 5.97 Å². The SMILES string of the molecule is CCOC(=O)c1c[nH+]c2ccc(Br)cc2c1NCCC[NH+]1CCOCC1. The molecule has 0 spiro atoms. The summed E-state index contributed by atoms with van der Waals surface area (Å²) in [6, 6.07) is 6.00. The predicted molar refractivity (Wildman–Crippen MR) is 104 cm³/mol. The number of aromatic amines is 1. The predicted octanol–water partition coefficient (Wildman–Crippen LogP) is 1.31. The molecule has 1 aromatic carbocycles. The van der Waals surface area contributed by atoms with Gasteiger partial charge in [-0.1, -0.05) is 15.9 Å². The summed E-state index contributed by atoms with van der Waals surface area (Å²) in [6.07, 6.45) is 2.76. The van der Waals surface area contributed by atoms with E-state index in [4.69, 9.17) is 9.47 Å². The number of ether oxygens (including phenoxy) is 2. The van der Waals surface area contributed by atoms with Crippen LogP contribution in [-0.4, -0.2) is 52.0 Å². The van der Waals surface area contributed by atoms with Gasteiger partial charge in [-0.3, -0.25) is 0 Å². The molecule has 1 fully saturated rings. The zero-order valence-corrected chi connectivity index (χ0v) is 16.7. The lowest BCUT2D eigenvalue weighted by Crippen LogP contribution is -3.14. The minimum absolute atomic E-state index is 0.313. The van der Waals surface area contributed by atoms with Crippen molar-refractivity contribution in [2.45, 2.75) is 13.3 Å². The molecule has 3 rings (SSSR count). The van der Waals surface area contributed by atoms with Gasteiger partial charge in [-0.05, 0) is 19.1 Å². The lowest BCUT2D eigenvalue weighted by Gasteiger charge is -2.23. The third-order valence-electron chi connectivity index (χ3n) is 4.60. The highest BCUT2D eigenvalue weighted by Crippen LogP contribution is 2.27. The molecule has 1 aromatic heterocycles. The fourth-order valence-corrected chi connectivity index (χ4v) is 3.60. The molecule has 1 saturated heterocycles. The van der Waals surface area contributed by atoms with E-state index in [0.29, 0.717) is 12.2 Å². The Morgan fingerprint density at radius 1 is 1.38 bits per heavy atom. The Morgan fingerprint density at radius 3 is 2.96 bits per heavy atom. The van der Waals surface area contributed by atoms with Gasteiger partial charge in [0.2, 0.25) is 5.52 Å². The number of halogens is 1. The van der Waals surface area contributed by atoms with Crippen LogP contribution in [0.15, 0.2) is 28.9 Å². The highest BCUT2D eigenvalue weighted by molar-refractivity contribution is 9.10. The van der Waals surface area contributed by atoms with Crippen molar-refractivity contribution in [2.75, 3.05) is 51.3 Å². The zero-order chi connectivity index (χ0) is 18.4. The van der Waals surface area contributed by atoms with E-state index < -0.39 is 0 Å². The molecule has 7 heteroatoms. The summed E-state index contributed by atoms with van der Waals surface area (Å²) < 4.78 is 11.6. The fraction of sp³-hybridized carbons (Fsp3) is 0.474. The average Bonchev–Trinajstić information content (AvgIpc) is 2.66. The van der Waals surface area contributed by atoms with Crippen molar-refractivity contribution in [3.8, 4) is 0 Å². The fourth-order valence-electron chi connectivity index (χ4n) is 3.24. The lowest BCUT2D eigenvalue weighted by atomic mass is 10.1. The van der Waals surface area contributed by atoms with Crippen LogP contribution in [0.25, 0.3) is 10.9 Å². The first-order valence-electron chi connectivity index (χ1n) is 9.15. The van der Waals surface area contributed by atoms with Crippen LogP contribution in [0.4, 0.5) is 5.69 Å². The maximum atomic E-state index is 12.4. The maximum absolute atomic E-state index is 12.4. The number of aromatic nitrogens is 1. The van der Waals surface area contributed by atoms with E-state index in [1.165, 1.54) is 0 Å². The highest BCUT2D eigenvalue weighted by Gasteiger charge is 2.20. The topological polar surface area (TPSA) is 66.1 Å². The molecule has 2 aromatic rings. The summed E-state index contributed by atoms with van der Waals surface area (Å²) in [5.41, 5.74) is 2.34. The number of anilines is 1. The second-order valence-corrected chi connectivity index (χ2v) is 7.30. The molecule has 6 nitrogen and oxygen atoms in total. The average molecular weight is 424 g/mol. The second kappa shape index (κ2) is 9.30. The number of esters is 1. The van der Waals surface area contributed by atoms with Gasteiger partial charge in [0.05, 0.1) is 37.4 Å². The molecule has 140 valence electrons. The Bertz CT molecular complexity index is 763. The van der Waals surface area contributed by atoms with Gasteiger partial charge in [-0.15, -0.1) is 0 Å². The molecule has 0 atom stereocenters. The van der Waals surface area contributed by atoms with Gasteiger partial charge < -0.3 is 19.7 Å². The first kappa shape index (κ1) is 19.1. The molecule has 3 N–H and O–H groups in total. The number of nitrogens with one attached hydrogen (secondary N) is 3. The first-order valence-corrected chi connectivity index (χ1v) is 9.94. The largest absolute Gasteiger partial charge is 0.462 e. The normalized spacial score (nSPS) is 15.2. The number of morpholine rings is 1. The Morgan fingerprint density at radius 2 is 2.19 bits per heavy atom. The van der Waals surface area contributed by atoms with Crippen LogP contribution in [0.1, 0.15) is 23.7 Å². The molecule has 0 bridgehead atoms. The van der Waals surface area contributed by atoms with Crippen LogP contribution in [0.3, 0.4) is 0 Å². The van der Waals surface area contributed by atoms with Crippen molar-refractivity contribution in [2.24, 2.45) is 0 Å². The van der Waals surface area contributed by atoms with Crippen LogP contribution in [-0.2, 0) is 9.47 Å². The van der Waals surface area contributed by atoms with Gasteiger partial charge >= 0.3 is 5.97 Å². The summed E-state index contributed by atoms with van der Waals surface area (Å²) in [7, 11) is 0. The van der Waals surface area contributed by atoms with Gasteiger partial charge in [0.15, 0.2) is 6.20 Å². The molecule has 0 aliphatic carbocycles. The number of carbonyl (C=O) groups excluding carboxylic acids is 1. The van der Waals surface area contributed by atoms with E-state index in [1.807, 2.05) is 25.1 Å². The third kappa shape index (κ3) is 4.72. The van der Waals surface area contributed by atoms with Crippen LogP contribution in [0, 0.1) is 0 Å². The second-order valence-electron chi connectivity index (χ2n) is 6.38. The Kier molecular flexibility index (Phi) is 6.82. The molecular weight excluding hydrogens is 398 g/mol. The highest BCUT2D eigenvalue weighted by atomic mass is 79.9. The van der Waals surface area contributed by atoms with E-state index >= 15 is 0 Å². The van der Waals surface area contributed by atoms with Crippen LogP contribution in [0.2, 0.25) is 0 Å².